The van der Waals surface area contributed by atoms with E-state index in [2.05, 4.69) is 19.2 Å². The molecule has 0 spiro atoms. The highest BCUT2D eigenvalue weighted by atomic mass is 32.2. The molecule has 0 aliphatic heterocycles. The van der Waals surface area contributed by atoms with Crippen molar-refractivity contribution in [3.05, 3.63) is 65.2 Å². The van der Waals surface area contributed by atoms with Gasteiger partial charge < -0.3 is 5.32 Å². The molecule has 0 saturated carbocycles. The maximum atomic E-state index is 12.8. The number of hydrogen-bond donors (Lipinski definition) is 1. The molecule has 2 aromatic rings. The average molecular weight is 403 g/mol. The number of benzene rings is 2. The Bertz CT molecular complexity index is 888. The first-order valence-electron chi connectivity index (χ1n) is 9.46. The van der Waals surface area contributed by atoms with Gasteiger partial charge >= 0.3 is 0 Å². The van der Waals surface area contributed by atoms with Crippen molar-refractivity contribution in [2.75, 3.05) is 17.1 Å². The van der Waals surface area contributed by atoms with Crippen LogP contribution in [-0.2, 0) is 14.8 Å². The van der Waals surface area contributed by atoms with E-state index in [-0.39, 0.29) is 18.5 Å². The van der Waals surface area contributed by atoms with E-state index in [4.69, 9.17) is 0 Å². The Labute approximate surface area is 168 Å². The molecule has 0 aliphatic rings. The van der Waals surface area contributed by atoms with Gasteiger partial charge in [-0.1, -0.05) is 50.2 Å². The number of aryl methyl sites for hydroxylation is 2. The van der Waals surface area contributed by atoms with Crippen LogP contribution in [0.2, 0.25) is 0 Å². The van der Waals surface area contributed by atoms with Crippen molar-refractivity contribution in [2.24, 2.45) is 5.92 Å². The van der Waals surface area contributed by atoms with Gasteiger partial charge in [-0.05, 0) is 55.0 Å². The highest BCUT2D eigenvalue weighted by molar-refractivity contribution is 7.92. The van der Waals surface area contributed by atoms with E-state index in [1.165, 1.54) is 4.31 Å². The minimum Gasteiger partial charge on any atom is -0.348 e. The van der Waals surface area contributed by atoms with Crippen molar-refractivity contribution in [2.45, 2.75) is 40.2 Å². The van der Waals surface area contributed by atoms with Crippen molar-refractivity contribution in [1.29, 1.82) is 0 Å². The largest absolute Gasteiger partial charge is 0.348 e. The van der Waals surface area contributed by atoms with E-state index in [0.717, 1.165) is 29.4 Å². The fraction of sp³-hybridized carbons (Fsp3) is 0.409. The number of nitrogens with zero attached hydrogens (tertiary/aromatic N) is 1. The lowest BCUT2D eigenvalue weighted by Crippen LogP contribution is -2.41. The van der Waals surface area contributed by atoms with E-state index in [1.54, 1.807) is 12.1 Å². The summed E-state index contributed by atoms with van der Waals surface area (Å²) < 4.78 is 25.9. The summed E-state index contributed by atoms with van der Waals surface area (Å²) in [5.74, 6) is 0.0648. The van der Waals surface area contributed by atoms with Gasteiger partial charge in [0.2, 0.25) is 15.9 Å². The Morgan fingerprint density at radius 3 is 2.11 bits per heavy atom. The third-order valence-corrected chi connectivity index (χ3v) is 5.57. The standard InChI is InChI=1S/C22H30N2O3S/c1-16(2)11-21(19-9-7-6-8-10-19)23-22(25)15-24(28(5,26)27)20-13-17(3)12-18(4)14-20/h6-10,12-14,16,21H,11,15H2,1-5H3,(H,23,25). The number of carbonyl (C=O) groups excluding carboxylic acids is 1. The van der Waals surface area contributed by atoms with E-state index in [0.29, 0.717) is 11.6 Å². The van der Waals surface area contributed by atoms with Crippen molar-refractivity contribution in [3.8, 4) is 0 Å². The molecule has 0 fully saturated rings. The summed E-state index contributed by atoms with van der Waals surface area (Å²) in [6.07, 6.45) is 1.90. The number of nitrogens with one attached hydrogen (secondary N) is 1. The van der Waals surface area contributed by atoms with E-state index >= 15 is 0 Å². The van der Waals surface area contributed by atoms with Gasteiger partial charge in [0.1, 0.15) is 6.54 Å². The molecule has 0 aromatic heterocycles. The number of sulfonamides is 1. The first kappa shape index (κ1) is 22.0. The van der Waals surface area contributed by atoms with Gasteiger partial charge in [-0.15, -0.1) is 0 Å². The Balaban J connectivity index is 2.25. The lowest BCUT2D eigenvalue weighted by atomic mass is 9.97. The van der Waals surface area contributed by atoms with Crippen molar-refractivity contribution in [1.82, 2.24) is 5.32 Å². The lowest BCUT2D eigenvalue weighted by molar-refractivity contribution is -0.120. The summed E-state index contributed by atoms with van der Waals surface area (Å²) in [6, 6.07) is 15.1. The van der Waals surface area contributed by atoms with E-state index in [1.807, 2.05) is 50.2 Å². The summed E-state index contributed by atoms with van der Waals surface area (Å²) in [5.41, 5.74) is 3.43. The summed E-state index contributed by atoms with van der Waals surface area (Å²) in [7, 11) is -3.60. The molecule has 0 radical (unpaired) electrons. The van der Waals surface area contributed by atoms with Gasteiger partial charge in [-0.2, -0.15) is 0 Å². The molecule has 0 saturated heterocycles. The predicted octanol–water partition coefficient (Wildman–Crippen LogP) is 3.97. The first-order chi connectivity index (χ1) is 13.1. The maximum absolute atomic E-state index is 12.8. The highest BCUT2D eigenvalue weighted by Gasteiger charge is 2.23. The molecule has 2 aromatic carbocycles. The van der Waals surface area contributed by atoms with Crippen LogP contribution in [0.4, 0.5) is 5.69 Å². The average Bonchev–Trinajstić information content (AvgIpc) is 2.57. The molecule has 1 N–H and O–H groups in total. The first-order valence-corrected chi connectivity index (χ1v) is 11.3. The summed E-state index contributed by atoms with van der Waals surface area (Å²) in [6.45, 7) is 7.76. The predicted molar refractivity (Wildman–Crippen MR) is 115 cm³/mol. The van der Waals surface area contributed by atoms with Crippen LogP contribution in [0.15, 0.2) is 48.5 Å². The van der Waals surface area contributed by atoms with Crippen LogP contribution in [0.5, 0.6) is 0 Å². The Morgan fingerprint density at radius 2 is 1.61 bits per heavy atom. The zero-order valence-corrected chi connectivity index (χ0v) is 18.1. The molecule has 152 valence electrons. The fourth-order valence-corrected chi connectivity index (χ4v) is 4.14. The zero-order chi connectivity index (χ0) is 20.9. The van der Waals surface area contributed by atoms with Gasteiger partial charge in [0.15, 0.2) is 0 Å². The molecule has 1 unspecified atom stereocenters. The van der Waals surface area contributed by atoms with Crippen LogP contribution in [0.25, 0.3) is 0 Å². The van der Waals surface area contributed by atoms with Crippen LogP contribution in [0.1, 0.15) is 43.0 Å². The Morgan fingerprint density at radius 1 is 1.04 bits per heavy atom. The summed E-state index contributed by atoms with van der Waals surface area (Å²) in [5, 5.41) is 3.02. The second kappa shape index (κ2) is 9.24. The number of carbonyl (C=O) groups is 1. The van der Waals surface area contributed by atoms with Gasteiger partial charge in [-0.3, -0.25) is 9.10 Å². The third kappa shape index (κ3) is 6.37. The number of hydrogen-bond acceptors (Lipinski definition) is 3. The summed E-state index contributed by atoms with van der Waals surface area (Å²) >= 11 is 0. The van der Waals surface area contributed by atoms with Crippen LogP contribution >= 0.6 is 0 Å². The van der Waals surface area contributed by atoms with E-state index < -0.39 is 10.0 Å². The normalized spacial score (nSPS) is 12.6. The lowest BCUT2D eigenvalue weighted by Gasteiger charge is -2.26. The van der Waals surface area contributed by atoms with Crippen LogP contribution in [0.3, 0.4) is 0 Å². The second-order valence-corrected chi connectivity index (χ2v) is 9.68. The van der Waals surface area contributed by atoms with Crippen LogP contribution in [0, 0.1) is 19.8 Å². The van der Waals surface area contributed by atoms with Crippen LogP contribution < -0.4 is 9.62 Å². The minimum absolute atomic E-state index is 0.158. The molecule has 0 aliphatic carbocycles. The Kier molecular flexibility index (Phi) is 7.24. The number of amides is 1. The molecule has 1 amide bonds. The van der Waals surface area contributed by atoms with Crippen molar-refractivity contribution >= 4 is 21.6 Å². The maximum Gasteiger partial charge on any atom is 0.241 e. The van der Waals surface area contributed by atoms with E-state index in [9.17, 15) is 13.2 Å². The highest BCUT2D eigenvalue weighted by Crippen LogP contribution is 2.23. The molecular weight excluding hydrogens is 372 g/mol. The smallest absolute Gasteiger partial charge is 0.241 e. The molecule has 1 atom stereocenters. The topological polar surface area (TPSA) is 66.5 Å². The van der Waals surface area contributed by atoms with Gasteiger partial charge in [0.05, 0.1) is 18.0 Å². The SMILES string of the molecule is Cc1cc(C)cc(N(CC(=O)NC(CC(C)C)c2ccccc2)S(C)(=O)=O)c1. The second-order valence-electron chi connectivity index (χ2n) is 7.78. The number of rotatable bonds is 8. The number of anilines is 1. The van der Waals surface area contributed by atoms with Crippen molar-refractivity contribution < 1.29 is 13.2 Å². The monoisotopic (exact) mass is 402 g/mol. The molecule has 5 nitrogen and oxygen atoms in total. The summed E-state index contributed by atoms with van der Waals surface area (Å²) in [4.78, 5) is 12.8. The molecule has 0 heterocycles. The molecule has 6 heteroatoms. The van der Waals surface area contributed by atoms with Crippen molar-refractivity contribution in [3.63, 3.8) is 0 Å². The van der Waals surface area contributed by atoms with Gasteiger partial charge in [-0.25, -0.2) is 8.42 Å². The van der Waals surface area contributed by atoms with Crippen LogP contribution in [-0.4, -0.2) is 27.1 Å². The molecule has 0 bridgehead atoms. The fourth-order valence-electron chi connectivity index (χ4n) is 3.30. The van der Waals surface area contributed by atoms with Gasteiger partial charge in [0.25, 0.3) is 0 Å². The molecule has 28 heavy (non-hydrogen) atoms. The zero-order valence-electron chi connectivity index (χ0n) is 17.3. The van der Waals surface area contributed by atoms with Gasteiger partial charge in [0, 0.05) is 0 Å². The Hall–Kier alpha value is -2.34. The molecular formula is C22H30N2O3S. The minimum atomic E-state index is -3.60. The quantitative estimate of drug-likeness (QED) is 0.726. The third-order valence-electron chi connectivity index (χ3n) is 4.43. The molecule has 2 rings (SSSR count).